The van der Waals surface area contributed by atoms with Gasteiger partial charge in [0.15, 0.2) is 0 Å². The van der Waals surface area contributed by atoms with Gasteiger partial charge in [0.25, 0.3) is 0 Å². The Bertz CT molecular complexity index is 956. The largest absolute Gasteiger partial charge is 0.369 e. The van der Waals surface area contributed by atoms with Crippen LogP contribution in [0, 0.1) is 0 Å². The minimum Gasteiger partial charge on any atom is -0.338 e. The summed E-state index contributed by atoms with van der Waals surface area (Å²) >= 11 is 1.39. The Kier molecular flexibility index (Phi) is 4.41. The number of tetrazole rings is 1. The maximum Gasteiger partial charge on any atom is 0.369 e. The lowest BCUT2D eigenvalue weighted by molar-refractivity contribution is -0.132. The van der Waals surface area contributed by atoms with E-state index >= 15 is 0 Å². The summed E-state index contributed by atoms with van der Waals surface area (Å²) in [6, 6.07) is 3.73. The number of amides is 1. The van der Waals surface area contributed by atoms with Gasteiger partial charge in [-0.25, -0.2) is 9.78 Å². The van der Waals surface area contributed by atoms with Crippen LogP contribution in [0.1, 0.15) is 18.7 Å². The van der Waals surface area contributed by atoms with Gasteiger partial charge in [-0.2, -0.15) is 9.36 Å². The molecule has 0 radical (unpaired) electrons. The second kappa shape index (κ2) is 6.87. The maximum atomic E-state index is 12.8. The summed E-state index contributed by atoms with van der Waals surface area (Å²) in [7, 11) is 1.95. The maximum absolute atomic E-state index is 12.8. The average molecular weight is 373 g/mol. The molecule has 26 heavy (non-hydrogen) atoms. The molecule has 1 amide bonds. The first-order valence-corrected chi connectivity index (χ1v) is 9.34. The van der Waals surface area contributed by atoms with Crippen molar-refractivity contribution in [1.29, 1.82) is 0 Å². The van der Waals surface area contributed by atoms with Crippen LogP contribution in [-0.2, 0) is 24.8 Å². The van der Waals surface area contributed by atoms with E-state index in [2.05, 4.69) is 15.4 Å². The van der Waals surface area contributed by atoms with Crippen molar-refractivity contribution in [3.05, 3.63) is 46.2 Å². The molecule has 4 rings (SSSR count). The van der Waals surface area contributed by atoms with E-state index in [0.29, 0.717) is 18.0 Å². The number of hydrogen-bond acceptors (Lipinski definition) is 6. The summed E-state index contributed by atoms with van der Waals surface area (Å²) in [5, 5.41) is 10.3. The van der Waals surface area contributed by atoms with E-state index in [0.717, 1.165) is 23.3 Å². The predicted octanol–water partition coefficient (Wildman–Crippen LogP) is 0.458. The Balaban J connectivity index is 1.48. The van der Waals surface area contributed by atoms with Crippen LogP contribution in [0.25, 0.3) is 5.00 Å². The van der Waals surface area contributed by atoms with Crippen LogP contribution < -0.4 is 5.69 Å². The van der Waals surface area contributed by atoms with Crippen molar-refractivity contribution in [3.63, 3.8) is 0 Å². The SMILES string of the molecule is Cn1ccnc1C[C@@H]1CCCN1C(=O)Cn1nnn(-c2cccs2)c1=O. The van der Waals surface area contributed by atoms with Crippen LogP contribution in [0.2, 0.25) is 0 Å². The van der Waals surface area contributed by atoms with E-state index in [1.807, 2.05) is 34.2 Å². The number of likely N-dealkylation sites (tertiary alicyclic amines) is 1. The Morgan fingerprint density at radius 1 is 1.38 bits per heavy atom. The van der Waals surface area contributed by atoms with Crippen LogP contribution in [0.15, 0.2) is 34.7 Å². The summed E-state index contributed by atoms with van der Waals surface area (Å²) in [6.07, 6.45) is 6.27. The van der Waals surface area contributed by atoms with Gasteiger partial charge in [0, 0.05) is 38.4 Å². The number of aryl methyl sites for hydroxylation is 1. The van der Waals surface area contributed by atoms with Gasteiger partial charge < -0.3 is 9.47 Å². The van der Waals surface area contributed by atoms with Crippen LogP contribution >= 0.6 is 11.3 Å². The van der Waals surface area contributed by atoms with Gasteiger partial charge in [0.05, 0.1) is 0 Å². The highest BCUT2D eigenvalue weighted by Crippen LogP contribution is 2.21. The van der Waals surface area contributed by atoms with Gasteiger partial charge in [-0.3, -0.25) is 4.79 Å². The molecule has 1 atom stereocenters. The highest BCUT2D eigenvalue weighted by Gasteiger charge is 2.30. The van der Waals surface area contributed by atoms with Gasteiger partial charge in [-0.15, -0.1) is 11.3 Å². The van der Waals surface area contributed by atoms with E-state index < -0.39 is 5.69 Å². The molecule has 1 fully saturated rings. The molecule has 3 aromatic heterocycles. The molecule has 0 aromatic carbocycles. The number of carbonyl (C=O) groups excluding carboxylic acids is 1. The third-order valence-corrected chi connectivity index (χ3v) is 5.52. The van der Waals surface area contributed by atoms with Crippen molar-refractivity contribution in [1.82, 2.24) is 34.2 Å². The highest BCUT2D eigenvalue weighted by molar-refractivity contribution is 7.12. The Hall–Kier alpha value is -2.75. The third-order valence-electron chi connectivity index (χ3n) is 4.68. The number of aromatic nitrogens is 6. The monoisotopic (exact) mass is 373 g/mol. The van der Waals surface area contributed by atoms with Crippen molar-refractivity contribution in [2.24, 2.45) is 7.05 Å². The molecule has 4 heterocycles. The Morgan fingerprint density at radius 2 is 2.27 bits per heavy atom. The number of carbonyl (C=O) groups is 1. The molecule has 1 aliphatic heterocycles. The van der Waals surface area contributed by atoms with Crippen LogP contribution in [-0.4, -0.2) is 52.7 Å². The highest BCUT2D eigenvalue weighted by atomic mass is 32.1. The van der Waals surface area contributed by atoms with Crippen LogP contribution in [0.3, 0.4) is 0 Å². The fourth-order valence-electron chi connectivity index (χ4n) is 3.30. The molecular formula is C16H19N7O2S. The quantitative estimate of drug-likeness (QED) is 0.648. The molecule has 10 heteroatoms. The lowest BCUT2D eigenvalue weighted by atomic mass is 10.1. The van der Waals surface area contributed by atoms with Gasteiger partial charge in [0.2, 0.25) is 5.91 Å². The summed E-state index contributed by atoms with van der Waals surface area (Å²) in [6.45, 7) is 0.600. The predicted molar refractivity (Wildman–Crippen MR) is 95.1 cm³/mol. The zero-order chi connectivity index (χ0) is 18.1. The van der Waals surface area contributed by atoms with E-state index in [1.165, 1.54) is 16.0 Å². The smallest absolute Gasteiger partial charge is 0.338 e. The minimum atomic E-state index is -0.402. The first-order valence-electron chi connectivity index (χ1n) is 8.46. The van der Waals surface area contributed by atoms with Gasteiger partial charge in [-0.1, -0.05) is 0 Å². The topological polar surface area (TPSA) is 90.8 Å². The zero-order valence-electron chi connectivity index (χ0n) is 14.4. The van der Waals surface area contributed by atoms with Crippen molar-refractivity contribution < 1.29 is 4.79 Å². The van der Waals surface area contributed by atoms with E-state index in [9.17, 15) is 9.59 Å². The molecule has 0 spiro atoms. The second-order valence-corrected chi connectivity index (χ2v) is 7.25. The summed E-state index contributed by atoms with van der Waals surface area (Å²) < 4.78 is 4.31. The Morgan fingerprint density at radius 3 is 3.00 bits per heavy atom. The molecule has 136 valence electrons. The average Bonchev–Trinajstić information content (AvgIpc) is 3.39. The number of thiophene rings is 1. The number of imidazole rings is 1. The molecule has 0 aliphatic carbocycles. The number of rotatable bonds is 5. The van der Waals surface area contributed by atoms with Crippen molar-refractivity contribution >= 4 is 17.2 Å². The molecule has 0 bridgehead atoms. The van der Waals surface area contributed by atoms with Crippen molar-refractivity contribution in [3.8, 4) is 5.00 Å². The Labute approximate surface area is 153 Å². The van der Waals surface area contributed by atoms with Crippen LogP contribution in [0.5, 0.6) is 0 Å². The van der Waals surface area contributed by atoms with Gasteiger partial charge in [-0.05, 0) is 40.8 Å². The standard InChI is InChI=1S/C16H19N7O2S/c1-20-8-6-17-13(20)10-12-4-2-7-21(12)14(24)11-22-16(25)23(19-18-22)15-5-3-9-26-15/h3,5-6,8-9,12H,2,4,7,10-11H2,1H3/t12-/m0/s1. The second-order valence-electron chi connectivity index (χ2n) is 6.32. The lowest BCUT2D eigenvalue weighted by Crippen LogP contribution is -2.41. The first kappa shape index (κ1) is 16.7. The van der Waals surface area contributed by atoms with Crippen molar-refractivity contribution in [2.45, 2.75) is 31.8 Å². The van der Waals surface area contributed by atoms with E-state index in [1.54, 1.807) is 12.3 Å². The van der Waals surface area contributed by atoms with E-state index in [4.69, 9.17) is 0 Å². The number of nitrogens with zero attached hydrogens (tertiary/aromatic N) is 7. The summed E-state index contributed by atoms with van der Waals surface area (Å²) in [4.78, 5) is 31.4. The van der Waals surface area contributed by atoms with Crippen LogP contribution in [0.4, 0.5) is 0 Å². The fraction of sp³-hybridized carbons (Fsp3) is 0.438. The normalized spacial score (nSPS) is 17.1. The first-order chi connectivity index (χ1) is 12.6. The molecule has 0 N–H and O–H groups in total. The minimum absolute atomic E-state index is 0.0960. The molecule has 1 aliphatic rings. The van der Waals surface area contributed by atoms with Crippen molar-refractivity contribution in [2.75, 3.05) is 6.54 Å². The van der Waals surface area contributed by atoms with Gasteiger partial charge >= 0.3 is 5.69 Å². The fourth-order valence-corrected chi connectivity index (χ4v) is 3.97. The molecule has 9 nitrogen and oxygen atoms in total. The van der Waals surface area contributed by atoms with Gasteiger partial charge in [0.1, 0.15) is 17.4 Å². The summed E-state index contributed by atoms with van der Waals surface area (Å²) in [5.41, 5.74) is -0.402. The molecule has 1 saturated heterocycles. The summed E-state index contributed by atoms with van der Waals surface area (Å²) in [5.74, 6) is 0.845. The third kappa shape index (κ3) is 3.07. The molecule has 3 aromatic rings. The molecular weight excluding hydrogens is 354 g/mol. The molecule has 0 unspecified atom stereocenters. The van der Waals surface area contributed by atoms with E-state index in [-0.39, 0.29) is 18.5 Å². The number of hydrogen-bond donors (Lipinski definition) is 0. The zero-order valence-corrected chi connectivity index (χ0v) is 15.2. The lowest BCUT2D eigenvalue weighted by Gasteiger charge is -2.24. The molecule has 0 saturated carbocycles.